The largest absolute Gasteiger partial charge is 0.497 e. The Morgan fingerprint density at radius 3 is 2.81 bits per heavy atom. The zero-order valence-electron chi connectivity index (χ0n) is 19.6. The zero-order chi connectivity index (χ0) is 25.2. The Labute approximate surface area is 206 Å². The van der Waals surface area contributed by atoms with Crippen LogP contribution in [-0.2, 0) is 9.59 Å². The van der Waals surface area contributed by atoms with E-state index in [1.165, 1.54) is 4.68 Å². The van der Waals surface area contributed by atoms with Gasteiger partial charge in [-0.1, -0.05) is 24.3 Å². The third kappa shape index (κ3) is 4.45. The summed E-state index contributed by atoms with van der Waals surface area (Å²) in [7, 11) is 1.60. The molecule has 11 nitrogen and oxygen atoms in total. The molecular weight excluding hydrogens is 462 g/mol. The third-order valence-electron chi connectivity index (χ3n) is 5.85. The molecule has 3 N–H and O–H groups in total. The molecule has 0 saturated carbocycles. The van der Waals surface area contributed by atoms with Crippen LogP contribution in [0.5, 0.6) is 11.5 Å². The van der Waals surface area contributed by atoms with E-state index in [0.717, 1.165) is 16.7 Å². The lowest BCUT2D eigenvalue weighted by atomic mass is 9.86. The number of carbonyl (C=O) groups excluding carboxylic acids is 2. The highest BCUT2D eigenvalue weighted by Gasteiger charge is 2.33. The Morgan fingerprint density at radius 2 is 2.00 bits per heavy atom. The highest BCUT2D eigenvalue weighted by atomic mass is 16.5. The van der Waals surface area contributed by atoms with Gasteiger partial charge in [0, 0.05) is 23.5 Å². The summed E-state index contributed by atoms with van der Waals surface area (Å²) in [5.74, 6) is 0.866. The van der Waals surface area contributed by atoms with Crippen molar-refractivity contribution in [3.63, 3.8) is 0 Å². The number of carbonyl (C=O) groups is 2. The minimum absolute atomic E-state index is 0.172. The molecule has 36 heavy (non-hydrogen) atoms. The highest BCUT2D eigenvalue weighted by molar-refractivity contribution is 5.95. The average molecular weight is 486 g/mol. The first-order valence-corrected chi connectivity index (χ1v) is 11.2. The number of rotatable bonds is 7. The maximum absolute atomic E-state index is 12.7. The van der Waals surface area contributed by atoms with Gasteiger partial charge in [0.2, 0.25) is 5.91 Å². The van der Waals surface area contributed by atoms with Gasteiger partial charge in [0.05, 0.1) is 24.7 Å². The molecule has 0 spiro atoms. The lowest BCUT2D eigenvalue weighted by molar-refractivity contribution is -0.120. The van der Waals surface area contributed by atoms with Crippen LogP contribution < -0.4 is 20.5 Å². The van der Waals surface area contributed by atoms with E-state index >= 15 is 0 Å². The number of nitrogens with zero attached hydrogens (tertiary/aromatic N) is 5. The number of hydrogen-bond acceptors (Lipinski definition) is 8. The summed E-state index contributed by atoms with van der Waals surface area (Å²) in [5.41, 5.74) is 8.99. The van der Waals surface area contributed by atoms with Crippen LogP contribution >= 0.6 is 0 Å². The van der Waals surface area contributed by atoms with E-state index in [1.54, 1.807) is 25.4 Å². The second-order valence-corrected chi connectivity index (χ2v) is 8.27. The predicted octanol–water partition coefficient (Wildman–Crippen LogP) is 2.38. The van der Waals surface area contributed by atoms with E-state index in [1.807, 2.05) is 43.3 Å². The molecule has 1 atom stereocenters. The van der Waals surface area contributed by atoms with Crippen LogP contribution in [0.4, 0.5) is 5.82 Å². The molecule has 4 aromatic rings. The topological polar surface area (TPSA) is 147 Å². The molecule has 3 heterocycles. The van der Waals surface area contributed by atoms with Crippen molar-refractivity contribution in [1.29, 1.82) is 0 Å². The molecule has 2 amide bonds. The van der Waals surface area contributed by atoms with E-state index in [9.17, 15) is 9.59 Å². The molecule has 1 unspecified atom stereocenters. The summed E-state index contributed by atoms with van der Waals surface area (Å²) in [4.78, 5) is 28.5. The molecule has 11 heteroatoms. The van der Waals surface area contributed by atoms with Crippen molar-refractivity contribution in [2.45, 2.75) is 19.3 Å². The fourth-order valence-corrected chi connectivity index (χ4v) is 4.26. The SMILES string of the molecule is COc1cccc(-c2cnnc(-n3nc(C)c4c3NC(=O)CC4c3cccc(OCC(N)=O)c3)n2)c1. The molecule has 0 radical (unpaired) electrons. The van der Waals surface area contributed by atoms with Crippen LogP contribution in [0.1, 0.15) is 29.2 Å². The number of hydrogen-bond donors (Lipinski definition) is 2. The number of ether oxygens (including phenoxy) is 2. The maximum Gasteiger partial charge on any atom is 0.272 e. The number of aromatic nitrogens is 5. The highest BCUT2D eigenvalue weighted by Crippen LogP contribution is 2.40. The Morgan fingerprint density at radius 1 is 1.19 bits per heavy atom. The summed E-state index contributed by atoms with van der Waals surface area (Å²) in [5, 5.41) is 15.8. The van der Waals surface area contributed by atoms with Crippen LogP contribution in [0, 0.1) is 6.92 Å². The number of nitrogens with one attached hydrogen (secondary N) is 1. The molecule has 2 aromatic carbocycles. The molecule has 0 fully saturated rings. The fraction of sp³-hybridized carbons (Fsp3) is 0.200. The summed E-state index contributed by atoms with van der Waals surface area (Å²) < 4.78 is 12.3. The Kier molecular flexibility index (Phi) is 6.03. The van der Waals surface area contributed by atoms with E-state index in [0.29, 0.717) is 28.7 Å². The number of anilines is 1. The van der Waals surface area contributed by atoms with Gasteiger partial charge in [-0.15, -0.1) is 5.10 Å². The minimum Gasteiger partial charge on any atom is -0.497 e. The van der Waals surface area contributed by atoms with Gasteiger partial charge in [0.15, 0.2) is 6.61 Å². The van der Waals surface area contributed by atoms with Crippen molar-refractivity contribution in [2.24, 2.45) is 5.73 Å². The lowest BCUT2D eigenvalue weighted by Crippen LogP contribution is -2.25. The van der Waals surface area contributed by atoms with Crippen LogP contribution in [0.15, 0.2) is 54.7 Å². The van der Waals surface area contributed by atoms with Gasteiger partial charge >= 0.3 is 0 Å². The zero-order valence-corrected chi connectivity index (χ0v) is 19.6. The van der Waals surface area contributed by atoms with Crippen molar-refractivity contribution in [1.82, 2.24) is 25.0 Å². The first-order valence-electron chi connectivity index (χ1n) is 11.2. The number of primary amides is 1. The molecule has 0 bridgehead atoms. The van der Waals surface area contributed by atoms with Crippen molar-refractivity contribution in [2.75, 3.05) is 19.0 Å². The standard InChI is InChI=1S/C25H23N7O4/c1-14-23-19(15-5-3-8-18(9-15)36-13-21(26)33)11-22(34)29-24(23)32(31-14)25-28-20(12-27-30-25)16-6-4-7-17(10-16)35-2/h3-10,12,19H,11,13H2,1-2H3,(H2,26,33)(H,29,34). The number of amides is 2. The Balaban J connectivity index is 1.54. The summed E-state index contributed by atoms with van der Waals surface area (Å²) in [6, 6.07) is 14.7. The van der Waals surface area contributed by atoms with E-state index in [2.05, 4.69) is 25.6 Å². The lowest BCUT2D eigenvalue weighted by Gasteiger charge is -2.24. The van der Waals surface area contributed by atoms with Crippen LogP contribution in [0.3, 0.4) is 0 Å². The second kappa shape index (κ2) is 9.45. The number of aryl methyl sites for hydroxylation is 1. The van der Waals surface area contributed by atoms with Gasteiger partial charge < -0.3 is 20.5 Å². The summed E-state index contributed by atoms with van der Waals surface area (Å²) >= 11 is 0. The predicted molar refractivity (Wildman–Crippen MR) is 130 cm³/mol. The first-order chi connectivity index (χ1) is 17.4. The molecule has 182 valence electrons. The van der Waals surface area contributed by atoms with Crippen molar-refractivity contribution >= 4 is 17.6 Å². The Bertz CT molecular complexity index is 1470. The molecule has 2 aromatic heterocycles. The van der Waals surface area contributed by atoms with Crippen molar-refractivity contribution in [3.05, 3.63) is 71.5 Å². The third-order valence-corrected chi connectivity index (χ3v) is 5.85. The first kappa shape index (κ1) is 23.0. The van der Waals surface area contributed by atoms with Crippen LogP contribution in [0.2, 0.25) is 0 Å². The Hall–Kier alpha value is -4.80. The number of fused-ring (bicyclic) bond motifs is 1. The number of methoxy groups -OCH3 is 1. The smallest absolute Gasteiger partial charge is 0.272 e. The molecule has 1 aliphatic heterocycles. The number of benzene rings is 2. The summed E-state index contributed by atoms with van der Waals surface area (Å²) in [6.45, 7) is 1.64. The second-order valence-electron chi connectivity index (χ2n) is 8.27. The maximum atomic E-state index is 12.7. The molecule has 0 aliphatic carbocycles. The van der Waals surface area contributed by atoms with Gasteiger partial charge in [-0.05, 0) is 36.8 Å². The van der Waals surface area contributed by atoms with Crippen LogP contribution in [0.25, 0.3) is 17.2 Å². The van der Waals surface area contributed by atoms with E-state index < -0.39 is 5.91 Å². The van der Waals surface area contributed by atoms with Gasteiger partial charge in [0.25, 0.3) is 11.9 Å². The van der Waals surface area contributed by atoms with Crippen molar-refractivity contribution in [3.8, 4) is 28.7 Å². The summed E-state index contributed by atoms with van der Waals surface area (Å²) in [6.07, 6.45) is 1.78. The van der Waals surface area contributed by atoms with Gasteiger partial charge in [-0.25, -0.2) is 4.98 Å². The quantitative estimate of drug-likeness (QED) is 0.405. The fourth-order valence-electron chi connectivity index (χ4n) is 4.26. The van der Waals surface area contributed by atoms with Crippen molar-refractivity contribution < 1.29 is 19.1 Å². The van der Waals surface area contributed by atoms with Gasteiger partial charge in [-0.2, -0.15) is 14.9 Å². The average Bonchev–Trinajstić information content (AvgIpc) is 3.23. The van der Waals surface area contributed by atoms with E-state index in [4.69, 9.17) is 15.2 Å². The minimum atomic E-state index is -0.568. The van der Waals surface area contributed by atoms with E-state index in [-0.39, 0.29) is 30.8 Å². The molecule has 1 aliphatic rings. The van der Waals surface area contributed by atoms with Gasteiger partial charge in [-0.3, -0.25) is 9.59 Å². The molecular formula is C25H23N7O4. The van der Waals surface area contributed by atoms with Gasteiger partial charge in [0.1, 0.15) is 17.3 Å². The van der Waals surface area contributed by atoms with Crippen LogP contribution in [-0.4, -0.2) is 50.5 Å². The molecule has 5 rings (SSSR count). The monoisotopic (exact) mass is 485 g/mol. The molecule has 0 saturated heterocycles. The number of nitrogens with two attached hydrogens (primary N) is 1. The normalized spacial score (nSPS) is 14.6.